The smallest absolute Gasteiger partial charge is 0.218 e. The van der Waals surface area contributed by atoms with Crippen molar-refractivity contribution in [3.8, 4) is 0 Å². The summed E-state index contributed by atoms with van der Waals surface area (Å²) in [6, 6.07) is -0.0327. The summed E-state index contributed by atoms with van der Waals surface area (Å²) in [5.41, 5.74) is 0.205. The maximum Gasteiger partial charge on any atom is 0.282 e. The van der Waals surface area contributed by atoms with E-state index in [2.05, 4.69) is 36.3 Å². The van der Waals surface area contributed by atoms with Crippen LogP contribution in [0, 0.1) is 11.3 Å². The minimum atomic E-state index is -3.61. The van der Waals surface area contributed by atoms with Gasteiger partial charge in [-0.3, -0.25) is 0 Å². The van der Waals surface area contributed by atoms with E-state index in [-0.39, 0.29) is 16.6 Å². The first-order chi connectivity index (χ1) is 9.14. The van der Waals surface area contributed by atoms with Gasteiger partial charge in [0.2, 0.25) is 0 Å². The lowest BCUT2D eigenvalue weighted by atomic mass is 9.74. The Labute approximate surface area is 120 Å². The van der Waals surface area contributed by atoms with Crippen LogP contribution in [-0.4, -0.2) is 45.5 Å². The summed E-state index contributed by atoms with van der Waals surface area (Å²) in [5, 5.41) is 10.6. The minimum Gasteiger partial charge on any atom is -0.218 e. The van der Waals surface area contributed by atoms with Crippen molar-refractivity contribution in [2.24, 2.45) is 18.4 Å². The van der Waals surface area contributed by atoms with E-state index in [1.54, 1.807) is 7.05 Å². The summed E-state index contributed by atoms with van der Waals surface area (Å²) in [6.45, 7) is 9.11. The van der Waals surface area contributed by atoms with Crippen LogP contribution >= 0.6 is 0 Å². The molecule has 0 saturated carbocycles. The first-order valence-electron chi connectivity index (χ1n) is 6.88. The predicted molar refractivity (Wildman–Crippen MR) is 74.3 cm³/mol. The molecular formula is C12H23N5O2S. The van der Waals surface area contributed by atoms with E-state index in [0.717, 1.165) is 12.8 Å². The van der Waals surface area contributed by atoms with Crippen LogP contribution in [0.2, 0.25) is 0 Å². The van der Waals surface area contributed by atoms with E-state index in [0.29, 0.717) is 12.5 Å². The average Bonchev–Trinajstić information content (AvgIpc) is 2.74. The highest BCUT2D eigenvalue weighted by atomic mass is 32.2. The topological polar surface area (TPSA) is 81.0 Å². The Morgan fingerprint density at radius 3 is 2.40 bits per heavy atom. The van der Waals surface area contributed by atoms with Gasteiger partial charge in [-0.1, -0.05) is 25.9 Å². The monoisotopic (exact) mass is 301 g/mol. The number of aryl methyl sites for hydroxylation is 1. The van der Waals surface area contributed by atoms with Crippen molar-refractivity contribution < 1.29 is 8.42 Å². The molecule has 1 aromatic rings. The molecule has 2 heterocycles. The van der Waals surface area contributed by atoms with E-state index < -0.39 is 10.0 Å². The Hall–Kier alpha value is -1.02. The normalized spacial score (nSPS) is 25.9. The molecule has 1 aromatic heterocycles. The summed E-state index contributed by atoms with van der Waals surface area (Å²) in [5.74, 6) is 0.529. The summed E-state index contributed by atoms with van der Waals surface area (Å²) in [7, 11) is -2.07. The second kappa shape index (κ2) is 5.07. The molecule has 1 fully saturated rings. The Morgan fingerprint density at radius 2 is 1.95 bits per heavy atom. The third-order valence-electron chi connectivity index (χ3n) is 4.16. The summed E-state index contributed by atoms with van der Waals surface area (Å²) < 4.78 is 27.9. The molecule has 0 N–H and O–H groups in total. The van der Waals surface area contributed by atoms with Crippen molar-refractivity contribution in [2.45, 2.75) is 51.7 Å². The Balaban J connectivity index is 2.22. The molecule has 2 unspecified atom stereocenters. The average molecular weight is 301 g/mol. The van der Waals surface area contributed by atoms with Crippen LogP contribution in [0.1, 0.15) is 40.5 Å². The van der Waals surface area contributed by atoms with Gasteiger partial charge in [-0.2, -0.15) is 4.31 Å². The standard InChI is InChI=1S/C12H23N5O2S/c1-9-8-10(12(2,3)4)6-7-17(9)20(18,19)11-13-14-15-16(11)5/h9-10H,6-8H2,1-5H3. The molecule has 2 atom stereocenters. The van der Waals surface area contributed by atoms with Gasteiger partial charge in [0.1, 0.15) is 0 Å². The van der Waals surface area contributed by atoms with Crippen LogP contribution in [0.4, 0.5) is 0 Å². The highest BCUT2D eigenvalue weighted by Gasteiger charge is 2.40. The van der Waals surface area contributed by atoms with Gasteiger partial charge in [-0.15, -0.1) is 0 Å². The lowest BCUT2D eigenvalue weighted by molar-refractivity contribution is 0.119. The lowest BCUT2D eigenvalue weighted by Crippen LogP contribution is -2.47. The van der Waals surface area contributed by atoms with Gasteiger partial charge in [0.15, 0.2) is 0 Å². The van der Waals surface area contributed by atoms with E-state index in [1.807, 2.05) is 6.92 Å². The second-order valence-electron chi connectivity index (χ2n) is 6.64. The largest absolute Gasteiger partial charge is 0.282 e. The highest BCUT2D eigenvalue weighted by Crippen LogP contribution is 2.38. The fraction of sp³-hybridized carbons (Fsp3) is 0.917. The molecule has 0 aliphatic carbocycles. The molecule has 0 spiro atoms. The first-order valence-corrected chi connectivity index (χ1v) is 8.32. The number of nitrogens with zero attached hydrogens (tertiary/aromatic N) is 5. The van der Waals surface area contributed by atoms with E-state index in [4.69, 9.17) is 0 Å². The molecule has 114 valence electrons. The molecule has 20 heavy (non-hydrogen) atoms. The molecule has 0 amide bonds. The van der Waals surface area contributed by atoms with Crippen molar-refractivity contribution in [1.82, 2.24) is 24.5 Å². The highest BCUT2D eigenvalue weighted by molar-refractivity contribution is 7.89. The van der Waals surface area contributed by atoms with E-state index in [1.165, 1.54) is 8.99 Å². The Morgan fingerprint density at radius 1 is 1.30 bits per heavy atom. The van der Waals surface area contributed by atoms with Gasteiger partial charge < -0.3 is 0 Å². The first kappa shape index (κ1) is 15.4. The SMILES string of the molecule is CC1CC(C(C)(C)C)CCN1S(=O)(=O)c1nnnn1C. The Bertz CT molecular complexity index is 575. The van der Waals surface area contributed by atoms with Crippen molar-refractivity contribution in [3.63, 3.8) is 0 Å². The molecule has 1 saturated heterocycles. The maximum atomic E-state index is 12.6. The van der Waals surface area contributed by atoms with Crippen LogP contribution in [0.15, 0.2) is 5.16 Å². The summed E-state index contributed by atoms with van der Waals surface area (Å²) >= 11 is 0. The molecule has 0 bridgehead atoms. The fourth-order valence-corrected chi connectivity index (χ4v) is 4.46. The zero-order valence-corrected chi connectivity index (χ0v) is 13.6. The number of hydrogen-bond acceptors (Lipinski definition) is 5. The predicted octanol–water partition coefficient (Wildman–Crippen LogP) is 1.05. The number of rotatable bonds is 2. The lowest BCUT2D eigenvalue weighted by Gasteiger charge is -2.41. The maximum absolute atomic E-state index is 12.6. The van der Waals surface area contributed by atoms with Gasteiger partial charge >= 0.3 is 0 Å². The van der Waals surface area contributed by atoms with Crippen molar-refractivity contribution in [3.05, 3.63) is 0 Å². The molecule has 1 aliphatic heterocycles. The number of aromatic nitrogens is 4. The fourth-order valence-electron chi connectivity index (χ4n) is 2.84. The quantitative estimate of drug-likeness (QED) is 0.815. The second-order valence-corrected chi connectivity index (χ2v) is 8.42. The van der Waals surface area contributed by atoms with Gasteiger partial charge in [0, 0.05) is 19.6 Å². The molecular weight excluding hydrogens is 278 g/mol. The van der Waals surface area contributed by atoms with Crippen LogP contribution in [0.25, 0.3) is 0 Å². The van der Waals surface area contributed by atoms with Crippen LogP contribution in [0.3, 0.4) is 0 Å². The molecule has 0 aromatic carbocycles. The van der Waals surface area contributed by atoms with Crippen molar-refractivity contribution >= 4 is 10.0 Å². The van der Waals surface area contributed by atoms with E-state index >= 15 is 0 Å². The summed E-state index contributed by atoms with van der Waals surface area (Å²) in [6.07, 6.45) is 1.74. The zero-order valence-electron chi connectivity index (χ0n) is 12.7. The molecule has 1 aliphatic rings. The third kappa shape index (κ3) is 2.71. The number of tetrazole rings is 1. The van der Waals surface area contributed by atoms with Gasteiger partial charge in [-0.25, -0.2) is 13.1 Å². The number of hydrogen-bond donors (Lipinski definition) is 0. The molecule has 8 heteroatoms. The Kier molecular flexibility index (Phi) is 3.90. The van der Waals surface area contributed by atoms with Gasteiger partial charge in [0.25, 0.3) is 15.2 Å². The zero-order chi connectivity index (χ0) is 15.1. The number of sulfonamides is 1. The van der Waals surface area contributed by atoms with Gasteiger partial charge in [-0.05, 0) is 41.5 Å². The minimum absolute atomic E-state index is 0.0327. The molecule has 0 radical (unpaired) electrons. The van der Waals surface area contributed by atoms with Crippen LogP contribution in [0.5, 0.6) is 0 Å². The number of piperidine rings is 1. The van der Waals surface area contributed by atoms with Gasteiger partial charge in [0.05, 0.1) is 0 Å². The third-order valence-corrected chi connectivity index (χ3v) is 6.13. The van der Waals surface area contributed by atoms with Crippen molar-refractivity contribution in [2.75, 3.05) is 6.54 Å². The molecule has 7 nitrogen and oxygen atoms in total. The van der Waals surface area contributed by atoms with Crippen molar-refractivity contribution in [1.29, 1.82) is 0 Å². The van der Waals surface area contributed by atoms with E-state index in [9.17, 15) is 8.42 Å². The summed E-state index contributed by atoms with van der Waals surface area (Å²) in [4.78, 5) is 0. The van der Waals surface area contributed by atoms with Crippen LogP contribution < -0.4 is 0 Å². The molecule has 2 rings (SSSR count). The van der Waals surface area contributed by atoms with Crippen LogP contribution in [-0.2, 0) is 17.1 Å².